The van der Waals surface area contributed by atoms with Crippen LogP contribution >= 0.6 is 0 Å². The number of hydrogen-bond acceptors (Lipinski definition) is 4. The van der Waals surface area contributed by atoms with Gasteiger partial charge in [0.25, 0.3) is 0 Å². The summed E-state index contributed by atoms with van der Waals surface area (Å²) in [4.78, 5) is 15.2. The molecule has 0 aromatic heterocycles. The summed E-state index contributed by atoms with van der Waals surface area (Å²) in [5.74, 6) is 0.0216. The van der Waals surface area contributed by atoms with Crippen molar-refractivity contribution in [3.8, 4) is 0 Å². The Morgan fingerprint density at radius 3 is 2.59 bits per heavy atom. The van der Waals surface area contributed by atoms with Crippen molar-refractivity contribution in [2.24, 2.45) is 4.99 Å². The van der Waals surface area contributed by atoms with Gasteiger partial charge in [0, 0.05) is 20.0 Å². The molecular weight excluding hydrogens is 218 g/mol. The number of esters is 1. The Bertz CT molecular complexity index is 374. The maximum absolute atomic E-state index is 10.9. The van der Waals surface area contributed by atoms with Crippen molar-refractivity contribution < 1.29 is 14.3 Å². The number of hydrogen-bond donors (Lipinski definition) is 0. The summed E-state index contributed by atoms with van der Waals surface area (Å²) in [6.45, 7) is 4.41. The van der Waals surface area contributed by atoms with Crippen LogP contribution in [0, 0.1) is 0 Å². The summed E-state index contributed by atoms with van der Waals surface area (Å²) in [6.07, 6.45) is 0.488. The minimum atomic E-state index is -0.365. The summed E-state index contributed by atoms with van der Waals surface area (Å²) < 4.78 is 10.2. The van der Waals surface area contributed by atoms with Gasteiger partial charge in [0.2, 0.25) is 5.90 Å². The number of carbonyl (C=O) groups excluding carboxylic acids is 1. The number of benzene rings is 1. The standard InChI is InChI=1S/C13H17NO3/c1-3-16-10-9-13(17-11(2)15)14-12-7-5-4-6-8-12/h4-8H,3,9-10H2,1-2H3. The second-order valence-electron chi connectivity index (χ2n) is 3.38. The molecule has 4 heteroatoms. The zero-order valence-electron chi connectivity index (χ0n) is 10.2. The second-order valence-corrected chi connectivity index (χ2v) is 3.38. The fourth-order valence-electron chi connectivity index (χ4n) is 1.25. The monoisotopic (exact) mass is 235 g/mol. The van der Waals surface area contributed by atoms with Crippen LogP contribution in [0.1, 0.15) is 20.3 Å². The van der Waals surface area contributed by atoms with Crippen LogP contribution in [0.15, 0.2) is 35.3 Å². The van der Waals surface area contributed by atoms with Crippen molar-refractivity contribution in [3.63, 3.8) is 0 Å². The molecule has 0 saturated carbocycles. The van der Waals surface area contributed by atoms with Gasteiger partial charge < -0.3 is 9.47 Å². The van der Waals surface area contributed by atoms with Crippen LogP contribution in [-0.4, -0.2) is 25.1 Å². The predicted octanol–water partition coefficient (Wildman–Crippen LogP) is 2.71. The molecular formula is C13H17NO3. The molecule has 17 heavy (non-hydrogen) atoms. The van der Waals surface area contributed by atoms with E-state index in [1.165, 1.54) is 6.92 Å². The van der Waals surface area contributed by atoms with Gasteiger partial charge in [-0.3, -0.25) is 4.79 Å². The van der Waals surface area contributed by atoms with Crippen LogP contribution in [0.25, 0.3) is 0 Å². The molecule has 0 N–H and O–H groups in total. The van der Waals surface area contributed by atoms with E-state index in [0.29, 0.717) is 25.5 Å². The van der Waals surface area contributed by atoms with Crippen molar-refractivity contribution in [1.82, 2.24) is 0 Å². The van der Waals surface area contributed by atoms with Gasteiger partial charge in [0.1, 0.15) is 0 Å². The largest absolute Gasteiger partial charge is 0.412 e. The van der Waals surface area contributed by atoms with E-state index in [0.717, 1.165) is 5.69 Å². The molecule has 0 aliphatic carbocycles. The Labute approximate surface area is 101 Å². The van der Waals surface area contributed by atoms with E-state index >= 15 is 0 Å². The Morgan fingerprint density at radius 2 is 2.00 bits per heavy atom. The Hall–Kier alpha value is -1.68. The molecule has 0 radical (unpaired) electrons. The molecule has 1 aromatic rings. The smallest absolute Gasteiger partial charge is 0.309 e. The molecule has 0 fully saturated rings. The highest BCUT2D eigenvalue weighted by molar-refractivity contribution is 5.89. The quantitative estimate of drug-likeness (QED) is 0.341. The van der Waals surface area contributed by atoms with Crippen LogP contribution in [-0.2, 0) is 14.3 Å². The lowest BCUT2D eigenvalue weighted by atomic mass is 10.3. The van der Waals surface area contributed by atoms with E-state index in [1.807, 2.05) is 37.3 Å². The van der Waals surface area contributed by atoms with Crippen molar-refractivity contribution >= 4 is 17.6 Å². The minimum absolute atomic E-state index is 0.365. The van der Waals surface area contributed by atoms with Gasteiger partial charge in [0.15, 0.2) is 0 Å². The van der Waals surface area contributed by atoms with Crippen molar-refractivity contribution in [2.45, 2.75) is 20.3 Å². The van der Waals surface area contributed by atoms with Gasteiger partial charge in [0.05, 0.1) is 12.3 Å². The molecule has 0 spiro atoms. The molecule has 0 heterocycles. The fraction of sp³-hybridized carbons (Fsp3) is 0.385. The van der Waals surface area contributed by atoms with Crippen LogP contribution in [0.2, 0.25) is 0 Å². The van der Waals surface area contributed by atoms with Crippen molar-refractivity contribution in [2.75, 3.05) is 13.2 Å². The maximum Gasteiger partial charge on any atom is 0.309 e. The number of rotatable bonds is 5. The van der Waals surface area contributed by atoms with Gasteiger partial charge in [-0.2, -0.15) is 0 Å². The lowest BCUT2D eigenvalue weighted by Crippen LogP contribution is -2.12. The first-order chi connectivity index (χ1) is 8.22. The van der Waals surface area contributed by atoms with E-state index in [4.69, 9.17) is 9.47 Å². The molecule has 1 aromatic carbocycles. The van der Waals surface area contributed by atoms with E-state index in [9.17, 15) is 4.79 Å². The first-order valence-electron chi connectivity index (χ1n) is 5.61. The molecule has 4 nitrogen and oxygen atoms in total. The van der Waals surface area contributed by atoms with Gasteiger partial charge in [-0.1, -0.05) is 18.2 Å². The Morgan fingerprint density at radius 1 is 1.29 bits per heavy atom. The summed E-state index contributed by atoms with van der Waals surface area (Å²) in [5.41, 5.74) is 0.764. The lowest BCUT2D eigenvalue weighted by Gasteiger charge is -2.06. The average Bonchev–Trinajstić information content (AvgIpc) is 2.30. The molecule has 0 atom stereocenters. The number of carbonyl (C=O) groups is 1. The maximum atomic E-state index is 10.9. The first kappa shape index (κ1) is 13.4. The Balaban J connectivity index is 2.67. The minimum Gasteiger partial charge on any atom is -0.412 e. The lowest BCUT2D eigenvalue weighted by molar-refractivity contribution is -0.133. The average molecular weight is 235 g/mol. The summed E-state index contributed by atoms with van der Waals surface area (Å²) >= 11 is 0. The highest BCUT2D eigenvalue weighted by Gasteiger charge is 2.04. The summed E-state index contributed by atoms with van der Waals surface area (Å²) in [7, 11) is 0. The zero-order valence-corrected chi connectivity index (χ0v) is 10.2. The molecule has 0 saturated heterocycles. The van der Waals surface area contributed by atoms with Gasteiger partial charge in [-0.25, -0.2) is 4.99 Å². The normalized spacial score (nSPS) is 11.3. The van der Waals surface area contributed by atoms with E-state index in [-0.39, 0.29) is 5.97 Å². The van der Waals surface area contributed by atoms with Crippen LogP contribution in [0.5, 0.6) is 0 Å². The molecule has 1 rings (SSSR count). The Kier molecular flexibility index (Phi) is 5.96. The SMILES string of the molecule is CCOCCC(=Nc1ccccc1)OC(C)=O. The molecule has 0 aliphatic rings. The number of para-hydroxylation sites is 1. The third kappa shape index (κ3) is 5.82. The van der Waals surface area contributed by atoms with E-state index in [2.05, 4.69) is 4.99 Å². The topological polar surface area (TPSA) is 47.9 Å². The fourth-order valence-corrected chi connectivity index (χ4v) is 1.25. The summed E-state index contributed by atoms with van der Waals surface area (Å²) in [5, 5.41) is 0. The van der Waals surface area contributed by atoms with Crippen LogP contribution in [0.4, 0.5) is 5.69 Å². The number of ether oxygens (including phenoxy) is 2. The third-order valence-corrected chi connectivity index (χ3v) is 1.94. The molecule has 92 valence electrons. The van der Waals surface area contributed by atoms with Gasteiger partial charge >= 0.3 is 5.97 Å². The second kappa shape index (κ2) is 7.57. The van der Waals surface area contributed by atoms with E-state index in [1.54, 1.807) is 0 Å². The molecule has 0 bridgehead atoms. The first-order valence-corrected chi connectivity index (χ1v) is 5.61. The van der Waals surface area contributed by atoms with Crippen molar-refractivity contribution in [1.29, 1.82) is 0 Å². The van der Waals surface area contributed by atoms with Crippen molar-refractivity contribution in [3.05, 3.63) is 30.3 Å². The molecule has 0 aliphatic heterocycles. The summed E-state index contributed by atoms with van der Waals surface area (Å²) in [6, 6.07) is 9.37. The van der Waals surface area contributed by atoms with Gasteiger partial charge in [-0.05, 0) is 19.1 Å². The highest BCUT2D eigenvalue weighted by Crippen LogP contribution is 2.11. The molecule has 0 unspecified atom stereocenters. The number of nitrogens with zero attached hydrogens (tertiary/aromatic N) is 1. The van der Waals surface area contributed by atoms with Crippen LogP contribution in [0.3, 0.4) is 0 Å². The molecule has 0 amide bonds. The third-order valence-electron chi connectivity index (χ3n) is 1.94. The van der Waals surface area contributed by atoms with Gasteiger partial charge in [-0.15, -0.1) is 0 Å². The van der Waals surface area contributed by atoms with Crippen LogP contribution < -0.4 is 0 Å². The zero-order chi connectivity index (χ0) is 12.5. The number of aliphatic imine (C=N–C) groups is 1. The van der Waals surface area contributed by atoms with E-state index < -0.39 is 0 Å². The highest BCUT2D eigenvalue weighted by atomic mass is 16.5. The predicted molar refractivity (Wildman–Crippen MR) is 66.4 cm³/mol.